The van der Waals surface area contributed by atoms with Gasteiger partial charge < -0.3 is 19.0 Å². The zero-order chi connectivity index (χ0) is 17.2. The van der Waals surface area contributed by atoms with Crippen molar-refractivity contribution in [3.63, 3.8) is 0 Å². The topological polar surface area (TPSA) is 66.4 Å². The minimum absolute atomic E-state index is 0.110. The van der Waals surface area contributed by atoms with E-state index in [1.807, 2.05) is 6.08 Å². The summed E-state index contributed by atoms with van der Waals surface area (Å²) in [5.41, 5.74) is 0.690. The first-order valence-electron chi connectivity index (χ1n) is 7.96. The van der Waals surface area contributed by atoms with Crippen molar-refractivity contribution < 1.29 is 23.8 Å². The van der Waals surface area contributed by atoms with Crippen LogP contribution < -0.4 is 9.47 Å². The van der Waals surface area contributed by atoms with E-state index in [1.165, 1.54) is 6.21 Å². The molecule has 1 atom stereocenters. The molecule has 0 bridgehead atoms. The molecule has 0 aromatic heterocycles. The third-order valence-electron chi connectivity index (χ3n) is 3.64. The van der Waals surface area contributed by atoms with Crippen molar-refractivity contribution in [3.8, 4) is 11.5 Å². The lowest BCUT2D eigenvalue weighted by molar-refractivity contribution is -0.145. The molecule has 1 aromatic rings. The van der Waals surface area contributed by atoms with E-state index in [0.717, 1.165) is 19.3 Å². The van der Waals surface area contributed by atoms with Crippen molar-refractivity contribution >= 4 is 12.2 Å². The highest BCUT2D eigenvalue weighted by molar-refractivity contribution is 5.84. The second kappa shape index (κ2) is 9.72. The molecule has 0 aliphatic heterocycles. The number of rotatable bonds is 8. The van der Waals surface area contributed by atoms with Gasteiger partial charge in [0.05, 0.1) is 39.6 Å². The highest BCUT2D eigenvalue weighted by Gasteiger charge is 2.10. The van der Waals surface area contributed by atoms with Crippen LogP contribution in [-0.2, 0) is 14.4 Å². The summed E-state index contributed by atoms with van der Waals surface area (Å²) >= 11 is 0. The molecular weight excluding hydrogens is 310 g/mol. The second-order valence-corrected chi connectivity index (χ2v) is 5.32. The molecule has 130 valence electrons. The first kappa shape index (κ1) is 18.0. The fourth-order valence-corrected chi connectivity index (χ4v) is 2.33. The monoisotopic (exact) mass is 333 g/mol. The fraction of sp³-hybridized carbons (Fsp3) is 0.444. The Hall–Kier alpha value is -2.34. The minimum Gasteiger partial charge on any atom is -0.497 e. The van der Waals surface area contributed by atoms with E-state index in [0.29, 0.717) is 23.7 Å². The number of hydrogen-bond acceptors (Lipinski definition) is 6. The molecule has 0 N–H and O–H groups in total. The van der Waals surface area contributed by atoms with Gasteiger partial charge in [-0.25, -0.2) is 4.79 Å². The molecular formula is C18H23NO5. The van der Waals surface area contributed by atoms with Gasteiger partial charge in [0.25, 0.3) is 0 Å². The van der Waals surface area contributed by atoms with Crippen LogP contribution in [0.25, 0.3) is 0 Å². The number of carbonyl (C=O) groups excluding carboxylic acids is 1. The first-order valence-corrected chi connectivity index (χ1v) is 7.96. The maximum Gasteiger partial charge on any atom is 0.337 e. The van der Waals surface area contributed by atoms with E-state index >= 15 is 0 Å². The van der Waals surface area contributed by atoms with Crippen LogP contribution in [0, 0.1) is 0 Å². The van der Waals surface area contributed by atoms with Crippen LogP contribution in [0.15, 0.2) is 35.5 Å². The molecule has 0 spiro atoms. The number of carbonyl (C=O) groups is 1. The average molecular weight is 333 g/mol. The van der Waals surface area contributed by atoms with Gasteiger partial charge >= 0.3 is 5.97 Å². The highest BCUT2D eigenvalue weighted by atomic mass is 16.7. The Labute approximate surface area is 142 Å². The molecule has 0 heterocycles. The quantitative estimate of drug-likeness (QED) is 0.316. The molecule has 0 amide bonds. The van der Waals surface area contributed by atoms with Crippen LogP contribution in [-0.4, -0.2) is 39.1 Å². The average Bonchev–Trinajstić information content (AvgIpc) is 2.62. The zero-order valence-electron chi connectivity index (χ0n) is 14.1. The van der Waals surface area contributed by atoms with Crippen molar-refractivity contribution in [1.29, 1.82) is 0 Å². The molecule has 2 rings (SSSR count). The van der Waals surface area contributed by atoms with Gasteiger partial charge in [-0.05, 0) is 31.4 Å². The van der Waals surface area contributed by atoms with Crippen LogP contribution in [0.2, 0.25) is 0 Å². The van der Waals surface area contributed by atoms with Crippen LogP contribution in [0.3, 0.4) is 0 Å². The van der Waals surface area contributed by atoms with Crippen LogP contribution in [0.5, 0.6) is 11.5 Å². The van der Waals surface area contributed by atoms with E-state index in [4.69, 9.17) is 19.0 Å². The largest absolute Gasteiger partial charge is 0.497 e. The second-order valence-electron chi connectivity index (χ2n) is 5.32. The molecule has 6 heteroatoms. The Balaban J connectivity index is 1.75. The number of ether oxygens (including phenoxy) is 3. The van der Waals surface area contributed by atoms with Gasteiger partial charge in [0.1, 0.15) is 11.5 Å². The third-order valence-corrected chi connectivity index (χ3v) is 3.64. The van der Waals surface area contributed by atoms with Gasteiger partial charge in [-0.1, -0.05) is 17.3 Å². The Morgan fingerprint density at radius 3 is 2.92 bits per heavy atom. The van der Waals surface area contributed by atoms with E-state index in [2.05, 4.69) is 11.2 Å². The van der Waals surface area contributed by atoms with E-state index in [-0.39, 0.29) is 12.5 Å². The molecule has 1 aliphatic rings. The van der Waals surface area contributed by atoms with Crippen molar-refractivity contribution in [2.24, 2.45) is 5.16 Å². The summed E-state index contributed by atoms with van der Waals surface area (Å²) < 4.78 is 16.0. The smallest absolute Gasteiger partial charge is 0.337 e. The first-order chi connectivity index (χ1) is 11.7. The maximum absolute atomic E-state index is 11.6. The fourth-order valence-electron chi connectivity index (χ4n) is 2.33. The normalized spacial score (nSPS) is 17.0. The molecule has 1 aliphatic carbocycles. The van der Waals surface area contributed by atoms with Gasteiger partial charge in [0.2, 0.25) is 0 Å². The molecule has 0 radical (unpaired) electrons. The molecule has 6 nitrogen and oxygen atoms in total. The Kier molecular flexibility index (Phi) is 7.29. The standard InChI is InChI=1S/C18H23NO5/c1-21-16-9-8-14(17(12-16)22-2)13-19-24-18(20)10-11-23-15-6-4-3-5-7-15/h4,6,8-9,12-13,15H,3,5,7,10-11H2,1-2H3/b19-13+. The number of methoxy groups -OCH3 is 2. The molecule has 1 unspecified atom stereocenters. The summed E-state index contributed by atoms with van der Waals surface area (Å²) in [7, 11) is 3.13. The maximum atomic E-state index is 11.6. The van der Waals surface area contributed by atoms with E-state index in [9.17, 15) is 4.79 Å². The van der Waals surface area contributed by atoms with Crippen molar-refractivity contribution in [2.45, 2.75) is 31.8 Å². The van der Waals surface area contributed by atoms with Gasteiger partial charge in [0.15, 0.2) is 0 Å². The summed E-state index contributed by atoms with van der Waals surface area (Å²) in [6, 6.07) is 5.28. The molecule has 24 heavy (non-hydrogen) atoms. The SMILES string of the molecule is COc1ccc(/C=N/OC(=O)CCOC2C=CCCC2)c(OC)c1. The lowest BCUT2D eigenvalue weighted by atomic mass is 10.1. The van der Waals surface area contributed by atoms with E-state index < -0.39 is 5.97 Å². The number of allylic oxidation sites excluding steroid dienone is 1. The molecule has 1 aromatic carbocycles. The highest BCUT2D eigenvalue weighted by Crippen LogP contribution is 2.23. The number of hydrogen-bond donors (Lipinski definition) is 0. The third kappa shape index (κ3) is 5.70. The Morgan fingerprint density at radius 1 is 1.33 bits per heavy atom. The predicted molar refractivity (Wildman–Crippen MR) is 90.6 cm³/mol. The number of nitrogens with zero attached hydrogens (tertiary/aromatic N) is 1. The van der Waals surface area contributed by atoms with Crippen LogP contribution in [0.1, 0.15) is 31.2 Å². The summed E-state index contributed by atoms with van der Waals surface area (Å²) in [6.45, 7) is 0.329. The van der Waals surface area contributed by atoms with Crippen LogP contribution >= 0.6 is 0 Å². The lowest BCUT2D eigenvalue weighted by Crippen LogP contribution is -2.15. The number of benzene rings is 1. The predicted octanol–water partition coefficient (Wildman–Crippen LogP) is 3.10. The molecule has 0 saturated heterocycles. The van der Waals surface area contributed by atoms with Crippen LogP contribution in [0.4, 0.5) is 0 Å². The van der Waals surface area contributed by atoms with Crippen molar-refractivity contribution in [3.05, 3.63) is 35.9 Å². The minimum atomic E-state index is -0.432. The van der Waals surface area contributed by atoms with Crippen molar-refractivity contribution in [1.82, 2.24) is 0 Å². The number of oxime groups is 1. The summed E-state index contributed by atoms with van der Waals surface area (Å²) in [5, 5.41) is 3.71. The van der Waals surface area contributed by atoms with Gasteiger partial charge in [0, 0.05) is 11.6 Å². The van der Waals surface area contributed by atoms with E-state index in [1.54, 1.807) is 32.4 Å². The molecule has 0 fully saturated rings. The van der Waals surface area contributed by atoms with Gasteiger partial charge in [-0.3, -0.25) is 0 Å². The summed E-state index contributed by atoms with van der Waals surface area (Å²) in [6.07, 6.45) is 9.09. The van der Waals surface area contributed by atoms with Crippen molar-refractivity contribution in [2.75, 3.05) is 20.8 Å². The zero-order valence-corrected chi connectivity index (χ0v) is 14.1. The summed E-state index contributed by atoms with van der Waals surface area (Å²) in [5.74, 6) is 0.829. The van der Waals surface area contributed by atoms with Gasteiger partial charge in [-0.2, -0.15) is 0 Å². The Bertz CT molecular complexity index is 597. The van der Waals surface area contributed by atoms with Gasteiger partial charge in [-0.15, -0.1) is 0 Å². The lowest BCUT2D eigenvalue weighted by Gasteiger charge is -2.16. The Morgan fingerprint density at radius 2 is 2.21 bits per heavy atom. The molecule has 0 saturated carbocycles. The summed E-state index contributed by atoms with van der Waals surface area (Å²) in [4.78, 5) is 16.5.